The van der Waals surface area contributed by atoms with Crippen molar-refractivity contribution in [2.45, 2.75) is 40.0 Å². The summed E-state index contributed by atoms with van der Waals surface area (Å²) >= 11 is 0. The van der Waals surface area contributed by atoms with Crippen LogP contribution in [0.4, 0.5) is 11.9 Å². The van der Waals surface area contributed by atoms with Gasteiger partial charge in [0.25, 0.3) is 0 Å². The number of carboxylic acids is 1. The van der Waals surface area contributed by atoms with E-state index in [2.05, 4.69) is 25.3 Å². The van der Waals surface area contributed by atoms with E-state index in [9.17, 15) is 9.90 Å². The Hall–Kier alpha value is -3.16. The Morgan fingerprint density at radius 3 is 2.54 bits per heavy atom. The fraction of sp³-hybridized carbons (Fsp3) is 0.333. The van der Waals surface area contributed by atoms with Crippen LogP contribution in [0, 0.1) is 13.8 Å². The molecule has 26 heavy (non-hydrogen) atoms. The molecule has 3 rings (SSSR count). The number of aromatic nitrogens is 4. The average Bonchev–Trinajstić information content (AvgIpc) is 2.90. The van der Waals surface area contributed by atoms with Gasteiger partial charge in [-0.15, -0.1) is 0 Å². The number of carboxylic acid groups (broad SMARTS) is 1. The van der Waals surface area contributed by atoms with Gasteiger partial charge in [-0.05, 0) is 43.0 Å². The van der Waals surface area contributed by atoms with E-state index >= 15 is 0 Å². The highest BCUT2D eigenvalue weighted by Crippen LogP contribution is 2.27. The van der Waals surface area contributed by atoms with Crippen molar-refractivity contribution < 1.29 is 15.0 Å². The van der Waals surface area contributed by atoms with Gasteiger partial charge < -0.3 is 15.2 Å². The standard InChI is InChI=1S/C18H21N5O3/c1-8(2)15-11(7-14(24)25)16(26)22-18(21-15)23-17-19-12-5-9(3)10(4)6-13(12)20-17/h5-6,8H,7H2,1-4H3,(H,24,25)(H3,19,20,21,22,23,26). The van der Waals surface area contributed by atoms with Crippen LogP contribution in [0.15, 0.2) is 12.1 Å². The fourth-order valence-electron chi connectivity index (χ4n) is 2.78. The van der Waals surface area contributed by atoms with Crippen molar-refractivity contribution in [3.8, 4) is 5.88 Å². The number of anilines is 2. The van der Waals surface area contributed by atoms with E-state index in [4.69, 9.17) is 5.11 Å². The quantitative estimate of drug-likeness (QED) is 0.554. The first-order valence-electron chi connectivity index (χ1n) is 8.30. The molecule has 2 heterocycles. The number of fused-ring (bicyclic) bond motifs is 1. The maximum atomic E-state index is 11.0. The molecule has 0 unspecified atom stereocenters. The van der Waals surface area contributed by atoms with Gasteiger partial charge in [0.15, 0.2) is 0 Å². The van der Waals surface area contributed by atoms with Gasteiger partial charge in [-0.2, -0.15) is 4.98 Å². The monoisotopic (exact) mass is 355 g/mol. The molecule has 0 fully saturated rings. The molecule has 0 atom stereocenters. The third kappa shape index (κ3) is 3.44. The van der Waals surface area contributed by atoms with Crippen LogP contribution in [0.1, 0.15) is 42.1 Å². The van der Waals surface area contributed by atoms with Crippen LogP contribution in [0.25, 0.3) is 11.0 Å². The SMILES string of the molecule is Cc1cc2nc(Nc3nc(O)c(CC(=O)O)c(C(C)C)n3)[nH]c2cc1C. The minimum absolute atomic E-state index is 0.0697. The molecule has 0 radical (unpaired) electrons. The first-order valence-corrected chi connectivity index (χ1v) is 8.30. The smallest absolute Gasteiger partial charge is 0.308 e. The molecule has 0 aliphatic heterocycles. The zero-order valence-electron chi connectivity index (χ0n) is 15.1. The number of hydrogen-bond acceptors (Lipinski definition) is 6. The van der Waals surface area contributed by atoms with Crippen molar-refractivity contribution in [1.82, 2.24) is 19.9 Å². The van der Waals surface area contributed by atoms with Crippen LogP contribution < -0.4 is 5.32 Å². The van der Waals surface area contributed by atoms with Crippen molar-refractivity contribution in [3.05, 3.63) is 34.5 Å². The summed E-state index contributed by atoms with van der Waals surface area (Å²) in [6.45, 7) is 7.81. The predicted molar refractivity (Wildman–Crippen MR) is 98.0 cm³/mol. The van der Waals surface area contributed by atoms with Gasteiger partial charge in [0.05, 0.1) is 23.1 Å². The molecule has 0 amide bonds. The van der Waals surface area contributed by atoms with E-state index in [0.717, 1.165) is 22.2 Å². The molecule has 2 aromatic heterocycles. The van der Waals surface area contributed by atoms with E-state index in [0.29, 0.717) is 11.6 Å². The van der Waals surface area contributed by atoms with Crippen molar-refractivity contribution >= 4 is 28.9 Å². The molecular formula is C18H21N5O3. The summed E-state index contributed by atoms with van der Waals surface area (Å²) in [6, 6.07) is 4.00. The second-order valence-corrected chi connectivity index (χ2v) is 6.62. The normalized spacial score (nSPS) is 11.3. The van der Waals surface area contributed by atoms with E-state index in [1.54, 1.807) is 0 Å². The molecule has 0 saturated heterocycles. The Morgan fingerprint density at radius 1 is 1.19 bits per heavy atom. The van der Waals surface area contributed by atoms with Crippen LogP contribution in [-0.4, -0.2) is 36.1 Å². The lowest BCUT2D eigenvalue weighted by atomic mass is 10.0. The van der Waals surface area contributed by atoms with Crippen LogP contribution in [0.2, 0.25) is 0 Å². The van der Waals surface area contributed by atoms with Gasteiger partial charge in [-0.1, -0.05) is 13.8 Å². The molecule has 8 heteroatoms. The molecule has 1 aromatic carbocycles. The first kappa shape index (κ1) is 17.7. The summed E-state index contributed by atoms with van der Waals surface area (Å²) in [6.07, 6.45) is -0.331. The Kier molecular flexibility index (Phi) is 4.50. The Labute approximate surface area is 150 Å². The molecule has 0 aliphatic carbocycles. The van der Waals surface area contributed by atoms with Gasteiger partial charge >= 0.3 is 5.97 Å². The minimum Gasteiger partial charge on any atom is -0.493 e. The number of aryl methyl sites for hydroxylation is 2. The number of rotatable bonds is 5. The number of nitrogens with one attached hydrogen (secondary N) is 2. The van der Waals surface area contributed by atoms with E-state index < -0.39 is 5.97 Å². The Bertz CT molecular complexity index is 955. The van der Waals surface area contributed by atoms with Crippen molar-refractivity contribution in [2.24, 2.45) is 0 Å². The second-order valence-electron chi connectivity index (χ2n) is 6.62. The zero-order valence-corrected chi connectivity index (χ0v) is 15.1. The molecule has 4 N–H and O–H groups in total. The van der Waals surface area contributed by atoms with Crippen LogP contribution in [0.5, 0.6) is 5.88 Å². The maximum absolute atomic E-state index is 11.0. The summed E-state index contributed by atoms with van der Waals surface area (Å²) in [4.78, 5) is 27.0. The summed E-state index contributed by atoms with van der Waals surface area (Å²) in [5.41, 5.74) is 4.71. The van der Waals surface area contributed by atoms with Gasteiger partial charge in [0.1, 0.15) is 0 Å². The highest BCUT2D eigenvalue weighted by Gasteiger charge is 2.19. The molecule has 0 saturated carbocycles. The zero-order chi connectivity index (χ0) is 19.0. The minimum atomic E-state index is -1.05. The highest BCUT2D eigenvalue weighted by atomic mass is 16.4. The molecule has 3 aromatic rings. The van der Waals surface area contributed by atoms with E-state index in [1.165, 1.54) is 0 Å². The lowest BCUT2D eigenvalue weighted by Crippen LogP contribution is -2.10. The summed E-state index contributed by atoms with van der Waals surface area (Å²) in [5, 5.41) is 22.2. The lowest BCUT2D eigenvalue weighted by molar-refractivity contribution is -0.136. The highest BCUT2D eigenvalue weighted by molar-refractivity contribution is 5.80. The number of aromatic amines is 1. The number of nitrogens with zero attached hydrogens (tertiary/aromatic N) is 3. The summed E-state index contributed by atoms with van der Waals surface area (Å²) < 4.78 is 0. The largest absolute Gasteiger partial charge is 0.493 e. The maximum Gasteiger partial charge on any atom is 0.308 e. The topological polar surface area (TPSA) is 124 Å². The van der Waals surface area contributed by atoms with Crippen molar-refractivity contribution in [1.29, 1.82) is 0 Å². The molecule has 0 bridgehead atoms. The molecule has 8 nitrogen and oxygen atoms in total. The average molecular weight is 355 g/mol. The van der Waals surface area contributed by atoms with Gasteiger partial charge in [-0.3, -0.25) is 10.1 Å². The third-order valence-corrected chi connectivity index (χ3v) is 4.22. The van der Waals surface area contributed by atoms with E-state index in [-0.39, 0.29) is 29.7 Å². The lowest BCUT2D eigenvalue weighted by Gasteiger charge is -2.13. The van der Waals surface area contributed by atoms with Gasteiger partial charge in [-0.25, -0.2) is 9.97 Å². The fourth-order valence-corrected chi connectivity index (χ4v) is 2.78. The number of aromatic hydroxyl groups is 1. The van der Waals surface area contributed by atoms with E-state index in [1.807, 2.05) is 39.8 Å². The Morgan fingerprint density at radius 2 is 1.88 bits per heavy atom. The number of imidazole rings is 1. The van der Waals surface area contributed by atoms with Crippen molar-refractivity contribution in [3.63, 3.8) is 0 Å². The van der Waals surface area contributed by atoms with Gasteiger partial charge in [0.2, 0.25) is 17.8 Å². The van der Waals surface area contributed by atoms with Crippen molar-refractivity contribution in [2.75, 3.05) is 5.32 Å². The number of hydrogen-bond donors (Lipinski definition) is 4. The first-order chi connectivity index (χ1) is 12.2. The molecule has 136 valence electrons. The van der Waals surface area contributed by atoms with Crippen LogP contribution in [-0.2, 0) is 11.2 Å². The number of benzene rings is 1. The second kappa shape index (κ2) is 6.62. The Balaban J connectivity index is 1.98. The number of H-pyrrole nitrogens is 1. The number of carbonyl (C=O) groups is 1. The van der Waals surface area contributed by atoms with Crippen LogP contribution >= 0.6 is 0 Å². The predicted octanol–water partition coefficient (Wildman–Crippen LogP) is 3.17. The summed E-state index contributed by atoms with van der Waals surface area (Å²) in [7, 11) is 0. The van der Waals surface area contributed by atoms with Gasteiger partial charge in [0, 0.05) is 5.56 Å². The number of aliphatic carboxylic acids is 1. The molecular weight excluding hydrogens is 334 g/mol. The summed E-state index contributed by atoms with van der Waals surface area (Å²) in [5.74, 6) is -0.844. The third-order valence-electron chi connectivity index (χ3n) is 4.22. The molecule has 0 spiro atoms. The molecule has 0 aliphatic rings. The van der Waals surface area contributed by atoms with Crippen LogP contribution in [0.3, 0.4) is 0 Å².